The zero-order chi connectivity index (χ0) is 17.2. The lowest BCUT2D eigenvalue weighted by molar-refractivity contribution is 0.135. The van der Waals surface area contributed by atoms with Crippen LogP contribution in [0.15, 0.2) is 42.5 Å². The lowest BCUT2D eigenvalue weighted by Crippen LogP contribution is -2.25. The van der Waals surface area contributed by atoms with Crippen LogP contribution in [0.1, 0.15) is 38.8 Å². The van der Waals surface area contributed by atoms with Crippen molar-refractivity contribution in [3.05, 3.63) is 53.6 Å². The fourth-order valence-electron chi connectivity index (χ4n) is 3.33. The van der Waals surface area contributed by atoms with Crippen LogP contribution in [-0.2, 0) is 13.0 Å². The average molecular weight is 325 g/mol. The number of nitrogens with zero attached hydrogens (tertiary/aromatic N) is 1. The minimum absolute atomic E-state index is 0.147. The molecule has 0 amide bonds. The third kappa shape index (κ3) is 3.50. The van der Waals surface area contributed by atoms with Crippen molar-refractivity contribution in [2.75, 3.05) is 18.0 Å². The molecule has 0 unspecified atom stereocenters. The minimum atomic E-state index is -0.147. The average Bonchev–Trinajstić information content (AvgIpc) is 2.89. The summed E-state index contributed by atoms with van der Waals surface area (Å²) in [5.41, 5.74) is 3.53. The maximum atomic E-state index is 6.22. The van der Waals surface area contributed by atoms with E-state index in [-0.39, 0.29) is 5.60 Å². The first-order valence-corrected chi connectivity index (χ1v) is 8.80. The summed E-state index contributed by atoms with van der Waals surface area (Å²) < 4.78 is 12.2. The number of rotatable bonds is 6. The van der Waals surface area contributed by atoms with Gasteiger partial charge in [0.05, 0.1) is 0 Å². The van der Waals surface area contributed by atoms with Crippen molar-refractivity contribution < 1.29 is 9.47 Å². The van der Waals surface area contributed by atoms with E-state index in [1.165, 1.54) is 11.3 Å². The van der Waals surface area contributed by atoms with E-state index in [0.717, 1.165) is 36.6 Å². The number of ether oxygens (including phenoxy) is 2. The zero-order valence-corrected chi connectivity index (χ0v) is 15.1. The van der Waals surface area contributed by atoms with Crippen molar-refractivity contribution in [2.45, 2.75) is 46.3 Å². The van der Waals surface area contributed by atoms with E-state index in [2.05, 4.69) is 44.7 Å². The van der Waals surface area contributed by atoms with Crippen LogP contribution in [0.4, 0.5) is 5.69 Å². The second kappa shape index (κ2) is 6.76. The van der Waals surface area contributed by atoms with Crippen molar-refractivity contribution in [1.29, 1.82) is 0 Å². The lowest BCUT2D eigenvalue weighted by Gasteiger charge is -2.23. The molecule has 0 radical (unpaired) electrons. The van der Waals surface area contributed by atoms with Crippen molar-refractivity contribution in [3.63, 3.8) is 0 Å². The van der Waals surface area contributed by atoms with Gasteiger partial charge in [0.2, 0.25) is 0 Å². The Kier molecular flexibility index (Phi) is 4.70. The summed E-state index contributed by atoms with van der Waals surface area (Å²) in [6.45, 7) is 11.2. The standard InChI is InChI=1S/C21H27NO2/c1-5-22(6-2)18-12-16-14-21(3,4)24-20(16)17(13-18)15-23-19-10-8-7-9-11-19/h7-13H,5-6,14-15H2,1-4H3. The van der Waals surface area contributed by atoms with E-state index in [0.29, 0.717) is 6.61 Å². The van der Waals surface area contributed by atoms with Gasteiger partial charge in [-0.1, -0.05) is 18.2 Å². The van der Waals surface area contributed by atoms with Crippen LogP contribution in [0.25, 0.3) is 0 Å². The summed E-state index contributed by atoms with van der Waals surface area (Å²) in [4.78, 5) is 2.37. The molecule has 0 fully saturated rings. The summed E-state index contributed by atoms with van der Waals surface area (Å²) in [6, 6.07) is 14.5. The van der Waals surface area contributed by atoms with Gasteiger partial charge in [-0.3, -0.25) is 0 Å². The Morgan fingerprint density at radius 3 is 2.46 bits per heavy atom. The minimum Gasteiger partial charge on any atom is -0.489 e. The van der Waals surface area contributed by atoms with E-state index in [4.69, 9.17) is 9.47 Å². The molecule has 1 aliphatic heterocycles. The highest BCUT2D eigenvalue weighted by atomic mass is 16.5. The molecular weight excluding hydrogens is 298 g/mol. The van der Waals surface area contributed by atoms with Crippen LogP contribution in [0.3, 0.4) is 0 Å². The zero-order valence-electron chi connectivity index (χ0n) is 15.1. The lowest BCUT2D eigenvalue weighted by atomic mass is 9.99. The molecule has 3 rings (SSSR count). The molecule has 1 heterocycles. The van der Waals surface area contributed by atoms with Crippen LogP contribution in [0, 0.1) is 0 Å². The first-order chi connectivity index (χ1) is 11.5. The molecule has 1 aliphatic rings. The van der Waals surface area contributed by atoms with Crippen LogP contribution in [0.5, 0.6) is 11.5 Å². The van der Waals surface area contributed by atoms with Crippen LogP contribution in [-0.4, -0.2) is 18.7 Å². The highest BCUT2D eigenvalue weighted by Gasteiger charge is 2.32. The summed E-state index contributed by atoms with van der Waals surface area (Å²) >= 11 is 0. The van der Waals surface area contributed by atoms with Gasteiger partial charge in [0.15, 0.2) is 0 Å². The Morgan fingerprint density at radius 2 is 1.79 bits per heavy atom. The molecule has 2 aromatic rings. The van der Waals surface area contributed by atoms with Gasteiger partial charge in [0, 0.05) is 36.3 Å². The molecule has 0 aliphatic carbocycles. The van der Waals surface area contributed by atoms with Crippen molar-refractivity contribution in [3.8, 4) is 11.5 Å². The SMILES string of the molecule is CCN(CC)c1cc(COc2ccccc2)c2c(c1)CC(C)(C)O2. The smallest absolute Gasteiger partial charge is 0.130 e. The van der Waals surface area contributed by atoms with E-state index in [9.17, 15) is 0 Å². The van der Waals surface area contributed by atoms with E-state index < -0.39 is 0 Å². The predicted molar refractivity (Wildman–Crippen MR) is 99.2 cm³/mol. The van der Waals surface area contributed by atoms with Gasteiger partial charge in [-0.25, -0.2) is 0 Å². The number of hydrogen-bond acceptors (Lipinski definition) is 3. The second-order valence-corrected chi connectivity index (χ2v) is 6.91. The molecule has 0 atom stereocenters. The second-order valence-electron chi connectivity index (χ2n) is 6.91. The number of anilines is 1. The van der Waals surface area contributed by atoms with E-state index >= 15 is 0 Å². The third-order valence-corrected chi connectivity index (χ3v) is 4.49. The monoisotopic (exact) mass is 325 g/mol. The van der Waals surface area contributed by atoms with Crippen molar-refractivity contribution >= 4 is 5.69 Å². The summed E-state index contributed by atoms with van der Waals surface area (Å²) in [5.74, 6) is 1.89. The van der Waals surface area contributed by atoms with Gasteiger partial charge in [-0.2, -0.15) is 0 Å². The number of fused-ring (bicyclic) bond motifs is 1. The summed E-state index contributed by atoms with van der Waals surface area (Å²) in [7, 11) is 0. The number of hydrogen-bond donors (Lipinski definition) is 0. The van der Waals surface area contributed by atoms with Gasteiger partial charge in [-0.15, -0.1) is 0 Å². The molecule has 0 bridgehead atoms. The molecular formula is C21H27NO2. The highest BCUT2D eigenvalue weighted by Crippen LogP contribution is 2.40. The molecule has 3 heteroatoms. The molecule has 128 valence electrons. The Bertz CT molecular complexity index is 690. The van der Waals surface area contributed by atoms with Crippen LogP contribution < -0.4 is 14.4 Å². The Labute approximate surface area is 145 Å². The molecule has 0 spiro atoms. The largest absolute Gasteiger partial charge is 0.489 e. The van der Waals surface area contributed by atoms with Crippen LogP contribution in [0.2, 0.25) is 0 Å². The normalized spacial score (nSPS) is 14.8. The Hall–Kier alpha value is -2.16. The molecule has 24 heavy (non-hydrogen) atoms. The molecule has 0 saturated carbocycles. The van der Waals surface area contributed by atoms with Crippen molar-refractivity contribution in [1.82, 2.24) is 0 Å². The first-order valence-electron chi connectivity index (χ1n) is 8.80. The molecule has 3 nitrogen and oxygen atoms in total. The van der Waals surface area contributed by atoms with Gasteiger partial charge in [0.25, 0.3) is 0 Å². The maximum absolute atomic E-state index is 6.22. The van der Waals surface area contributed by atoms with E-state index in [1.807, 2.05) is 30.3 Å². The van der Waals surface area contributed by atoms with Gasteiger partial charge in [-0.05, 0) is 52.0 Å². The molecule has 2 aromatic carbocycles. The highest BCUT2D eigenvalue weighted by molar-refractivity contribution is 5.59. The fourth-order valence-corrected chi connectivity index (χ4v) is 3.33. The summed E-state index contributed by atoms with van der Waals surface area (Å²) in [5, 5.41) is 0. The van der Waals surface area contributed by atoms with Gasteiger partial charge >= 0.3 is 0 Å². The Morgan fingerprint density at radius 1 is 1.08 bits per heavy atom. The Balaban J connectivity index is 1.91. The van der Waals surface area contributed by atoms with Gasteiger partial charge in [0.1, 0.15) is 23.7 Å². The molecule has 0 saturated heterocycles. The number of para-hydroxylation sites is 1. The van der Waals surface area contributed by atoms with E-state index in [1.54, 1.807) is 0 Å². The van der Waals surface area contributed by atoms with Crippen molar-refractivity contribution in [2.24, 2.45) is 0 Å². The number of benzene rings is 2. The third-order valence-electron chi connectivity index (χ3n) is 4.49. The molecule has 0 N–H and O–H groups in total. The predicted octanol–water partition coefficient (Wildman–Crippen LogP) is 4.83. The first kappa shape index (κ1) is 16.7. The quantitative estimate of drug-likeness (QED) is 0.759. The van der Waals surface area contributed by atoms with Gasteiger partial charge < -0.3 is 14.4 Å². The van der Waals surface area contributed by atoms with Crippen LogP contribution >= 0.6 is 0 Å². The fraction of sp³-hybridized carbons (Fsp3) is 0.429. The summed E-state index contributed by atoms with van der Waals surface area (Å²) in [6.07, 6.45) is 0.940. The molecule has 0 aromatic heterocycles. The topological polar surface area (TPSA) is 21.7 Å². The maximum Gasteiger partial charge on any atom is 0.130 e.